The van der Waals surface area contributed by atoms with Crippen LogP contribution < -0.4 is 10.8 Å². The number of carbonyl (C=O) groups is 1. The van der Waals surface area contributed by atoms with Gasteiger partial charge < -0.3 is 9.84 Å². The zero-order valence-corrected chi connectivity index (χ0v) is 10.9. The van der Waals surface area contributed by atoms with E-state index in [9.17, 15) is 9.36 Å². The molecule has 1 rings (SSSR count). The Kier molecular flexibility index (Phi) is 8.14. The minimum absolute atomic E-state index is 0.225. The maximum Gasteiger partial charge on any atom is 0.323 e. The lowest BCUT2D eigenvalue weighted by molar-refractivity contribution is -0.120. The highest BCUT2D eigenvalue weighted by atomic mass is 32.7. The third-order valence-corrected chi connectivity index (χ3v) is 4.90. The van der Waals surface area contributed by atoms with Crippen molar-refractivity contribution >= 4 is 24.0 Å². The number of hydrogen-bond acceptors (Lipinski definition) is 4. The van der Waals surface area contributed by atoms with Crippen LogP contribution in [0.3, 0.4) is 0 Å². The molecule has 1 fully saturated rings. The first-order chi connectivity index (χ1) is 7.02. The molecule has 3 N–H and O–H groups in total. The Balaban J connectivity index is 0.000000265. The summed E-state index contributed by atoms with van der Waals surface area (Å²) in [7, 11) is 1.33. The normalized spacial score (nSPS) is 20.3. The van der Waals surface area contributed by atoms with Gasteiger partial charge >= 0.3 is 6.72 Å². The molecule has 1 amide bonds. The van der Waals surface area contributed by atoms with Gasteiger partial charge in [-0.1, -0.05) is 17.8 Å². The van der Waals surface area contributed by atoms with Gasteiger partial charge in [0.1, 0.15) is 0 Å². The molecule has 1 unspecified atom stereocenters. The van der Waals surface area contributed by atoms with Gasteiger partial charge in [0.15, 0.2) is 0 Å². The molecule has 1 heterocycles. The van der Waals surface area contributed by atoms with Crippen molar-refractivity contribution in [1.29, 1.82) is 0 Å². The molecule has 0 radical (unpaired) electrons. The van der Waals surface area contributed by atoms with E-state index in [0.29, 0.717) is 0 Å². The minimum atomic E-state index is -2.74. The van der Waals surface area contributed by atoms with E-state index in [0.717, 1.165) is 37.2 Å². The number of hydrogen-bond donors (Lipinski definition) is 2. The van der Waals surface area contributed by atoms with Crippen LogP contribution >= 0.6 is 18.1 Å². The molecule has 0 aliphatic carbocycles. The van der Waals surface area contributed by atoms with Crippen LogP contribution in [0.4, 0.5) is 0 Å². The van der Waals surface area contributed by atoms with Crippen LogP contribution in [0.15, 0.2) is 0 Å². The van der Waals surface area contributed by atoms with Crippen molar-refractivity contribution < 1.29 is 13.9 Å². The fraction of sp³-hybridized carbons (Fsp3) is 0.875. The average Bonchev–Trinajstić information content (AvgIpc) is 2.47. The molecule has 15 heavy (non-hydrogen) atoms. The summed E-state index contributed by atoms with van der Waals surface area (Å²) in [6, 6.07) is 0. The Morgan fingerprint density at radius 2 is 2.13 bits per heavy atom. The van der Waals surface area contributed by atoms with Crippen LogP contribution in [-0.2, 0) is 13.9 Å². The number of rotatable bonds is 2. The predicted octanol–water partition coefficient (Wildman–Crippen LogP) is 1.74. The average molecular weight is 254 g/mol. The Hall–Kier alpha value is -0.0300. The van der Waals surface area contributed by atoms with Crippen LogP contribution in [0.5, 0.6) is 0 Å². The first kappa shape index (κ1) is 15.0. The zero-order chi connectivity index (χ0) is 11.7. The van der Waals surface area contributed by atoms with Crippen LogP contribution in [0.25, 0.3) is 0 Å². The molecule has 0 bridgehead atoms. The maximum absolute atomic E-state index is 10.6. The fourth-order valence-corrected chi connectivity index (χ4v) is 1.57. The molecule has 0 aromatic carbocycles. The summed E-state index contributed by atoms with van der Waals surface area (Å²) in [5, 5.41) is 2.81. The van der Waals surface area contributed by atoms with Crippen molar-refractivity contribution in [3.05, 3.63) is 0 Å². The molecule has 1 aliphatic heterocycles. The smallest absolute Gasteiger partial charge is 0.323 e. The number of nitrogens with two attached hydrogens (primary N) is 1. The van der Waals surface area contributed by atoms with Gasteiger partial charge in [0.25, 0.3) is 0 Å². The molecule has 0 saturated carbocycles. The summed E-state index contributed by atoms with van der Waals surface area (Å²) in [6.45, 7) is -1.85. The standard InChI is InChI=1S/C6H11NO.C2H8NO2PS/c8-6-4-2-1-3-5-7-6;1-5-6(3,4)7-2/h1-5H2,(H,7,8);1-2H3,(H2,3,4). The van der Waals surface area contributed by atoms with E-state index in [-0.39, 0.29) is 5.91 Å². The van der Waals surface area contributed by atoms with E-state index < -0.39 is 6.72 Å². The van der Waals surface area contributed by atoms with E-state index in [1.54, 1.807) is 6.26 Å². The molecule has 0 aromatic rings. The first-order valence-corrected chi connectivity index (χ1v) is 8.31. The molecule has 1 aliphatic rings. The molecule has 1 saturated heterocycles. The molecule has 0 spiro atoms. The summed E-state index contributed by atoms with van der Waals surface area (Å²) in [6.07, 6.45) is 5.82. The van der Waals surface area contributed by atoms with Crippen molar-refractivity contribution in [1.82, 2.24) is 5.32 Å². The van der Waals surface area contributed by atoms with Crippen LogP contribution in [0.1, 0.15) is 25.7 Å². The highest BCUT2D eigenvalue weighted by Crippen LogP contribution is 2.48. The molecular formula is C8H19N2O3PS. The second-order valence-corrected chi connectivity index (χ2v) is 7.50. The van der Waals surface area contributed by atoms with Gasteiger partial charge in [0, 0.05) is 20.1 Å². The summed E-state index contributed by atoms with van der Waals surface area (Å²) in [5.74, 6) is 0.225. The van der Waals surface area contributed by atoms with Crippen molar-refractivity contribution in [2.75, 3.05) is 19.9 Å². The predicted molar refractivity (Wildman–Crippen MR) is 63.8 cm³/mol. The second kappa shape index (κ2) is 8.16. The Morgan fingerprint density at radius 1 is 1.47 bits per heavy atom. The van der Waals surface area contributed by atoms with Gasteiger partial charge in [-0.05, 0) is 19.1 Å². The Bertz CT molecular complexity index is 220. The number of carbonyl (C=O) groups excluding carboxylic acids is 1. The van der Waals surface area contributed by atoms with Crippen molar-refractivity contribution in [3.63, 3.8) is 0 Å². The van der Waals surface area contributed by atoms with E-state index in [1.165, 1.54) is 13.5 Å². The summed E-state index contributed by atoms with van der Waals surface area (Å²) in [4.78, 5) is 10.6. The molecule has 5 nitrogen and oxygen atoms in total. The van der Waals surface area contributed by atoms with Crippen LogP contribution in [0.2, 0.25) is 0 Å². The third-order valence-electron chi connectivity index (χ3n) is 1.91. The van der Waals surface area contributed by atoms with Crippen molar-refractivity contribution in [2.45, 2.75) is 25.7 Å². The van der Waals surface area contributed by atoms with Gasteiger partial charge in [0.2, 0.25) is 5.91 Å². The molecule has 90 valence electrons. The largest absolute Gasteiger partial charge is 0.356 e. The van der Waals surface area contributed by atoms with Gasteiger partial charge in [0.05, 0.1) is 0 Å². The monoisotopic (exact) mass is 254 g/mol. The van der Waals surface area contributed by atoms with Crippen LogP contribution in [-0.4, -0.2) is 25.8 Å². The highest BCUT2D eigenvalue weighted by molar-refractivity contribution is 8.55. The highest BCUT2D eigenvalue weighted by Gasteiger charge is 2.09. The Morgan fingerprint density at radius 3 is 2.60 bits per heavy atom. The van der Waals surface area contributed by atoms with E-state index in [4.69, 9.17) is 5.50 Å². The summed E-state index contributed by atoms with van der Waals surface area (Å²) >= 11 is 1.04. The van der Waals surface area contributed by atoms with Gasteiger partial charge in [-0.15, -0.1) is 0 Å². The third kappa shape index (κ3) is 8.93. The quantitative estimate of drug-likeness (QED) is 0.733. The SMILES string of the molecule is COP(N)(=O)SC.O=C1CCCCCN1. The van der Waals surface area contributed by atoms with Gasteiger partial charge in [-0.3, -0.25) is 14.9 Å². The first-order valence-electron chi connectivity index (χ1n) is 4.78. The maximum atomic E-state index is 10.6. The van der Waals surface area contributed by atoms with Gasteiger partial charge in [-0.2, -0.15) is 0 Å². The summed E-state index contributed by atoms with van der Waals surface area (Å²) in [5.41, 5.74) is 5.01. The summed E-state index contributed by atoms with van der Waals surface area (Å²) < 4.78 is 14.9. The number of amides is 1. The minimum Gasteiger partial charge on any atom is -0.356 e. The lowest BCUT2D eigenvalue weighted by atomic mass is 10.2. The fourth-order valence-electron chi connectivity index (χ4n) is 0.978. The lowest BCUT2D eigenvalue weighted by Gasteiger charge is -2.02. The topological polar surface area (TPSA) is 81.4 Å². The van der Waals surface area contributed by atoms with Crippen molar-refractivity contribution in [2.24, 2.45) is 5.50 Å². The van der Waals surface area contributed by atoms with E-state index >= 15 is 0 Å². The molecular weight excluding hydrogens is 235 g/mol. The van der Waals surface area contributed by atoms with E-state index in [1.807, 2.05) is 0 Å². The lowest BCUT2D eigenvalue weighted by Crippen LogP contribution is -2.21. The van der Waals surface area contributed by atoms with Crippen molar-refractivity contribution in [3.8, 4) is 0 Å². The number of nitrogens with one attached hydrogen (secondary N) is 1. The van der Waals surface area contributed by atoms with Crippen LogP contribution in [0, 0.1) is 0 Å². The molecule has 0 aromatic heterocycles. The Labute approximate surface area is 94.8 Å². The molecule has 7 heteroatoms. The van der Waals surface area contributed by atoms with Gasteiger partial charge in [-0.25, -0.2) is 0 Å². The molecule has 1 atom stereocenters. The van der Waals surface area contributed by atoms with E-state index in [2.05, 4.69) is 9.84 Å². The zero-order valence-electron chi connectivity index (χ0n) is 9.19. The second-order valence-electron chi connectivity index (χ2n) is 3.07.